The minimum atomic E-state index is -0.263. The van der Waals surface area contributed by atoms with Crippen LogP contribution in [0.25, 0.3) is 0 Å². The number of anilines is 1. The summed E-state index contributed by atoms with van der Waals surface area (Å²) in [6.07, 6.45) is 9.48. The van der Waals surface area contributed by atoms with Gasteiger partial charge in [0, 0.05) is 6.08 Å². The van der Waals surface area contributed by atoms with Crippen LogP contribution in [0.2, 0.25) is 0 Å². The highest BCUT2D eigenvalue weighted by Gasteiger charge is 1.99. The van der Waals surface area contributed by atoms with E-state index in [4.69, 9.17) is 4.42 Å². The van der Waals surface area contributed by atoms with Gasteiger partial charge in [-0.05, 0) is 6.92 Å². The van der Waals surface area contributed by atoms with Crippen molar-refractivity contribution in [1.29, 1.82) is 0 Å². The van der Waals surface area contributed by atoms with Gasteiger partial charge < -0.3 is 4.42 Å². The van der Waals surface area contributed by atoms with E-state index < -0.39 is 0 Å². The van der Waals surface area contributed by atoms with E-state index in [9.17, 15) is 4.79 Å². The van der Waals surface area contributed by atoms with Crippen molar-refractivity contribution in [2.45, 2.75) is 6.92 Å². The molecule has 0 saturated heterocycles. The smallest absolute Gasteiger partial charge is 0.301 e. The molecule has 1 aromatic rings. The highest BCUT2D eigenvalue weighted by Crippen LogP contribution is 2.00. The fraction of sp³-hybridized carbons (Fsp3) is 0.111. The molecule has 0 fully saturated rings. The number of oxazole rings is 1. The van der Waals surface area contributed by atoms with Crippen molar-refractivity contribution < 1.29 is 9.21 Å². The van der Waals surface area contributed by atoms with Gasteiger partial charge >= 0.3 is 6.01 Å². The first-order valence-corrected chi connectivity index (χ1v) is 3.83. The summed E-state index contributed by atoms with van der Waals surface area (Å²) in [4.78, 5) is 14.8. The Morgan fingerprint density at radius 2 is 2.46 bits per heavy atom. The number of hydrogen-bond acceptors (Lipinski definition) is 3. The third-order valence-electron chi connectivity index (χ3n) is 1.21. The van der Waals surface area contributed by atoms with Gasteiger partial charge in [0.05, 0.1) is 6.20 Å². The van der Waals surface area contributed by atoms with Gasteiger partial charge in [-0.2, -0.15) is 0 Å². The van der Waals surface area contributed by atoms with Crippen LogP contribution in [0.3, 0.4) is 0 Å². The second-order valence-electron chi connectivity index (χ2n) is 2.21. The molecule has 0 aliphatic heterocycles. The Morgan fingerprint density at radius 3 is 3.08 bits per heavy atom. The predicted molar refractivity (Wildman–Crippen MR) is 49.1 cm³/mol. The third-order valence-corrected chi connectivity index (χ3v) is 1.21. The van der Waals surface area contributed by atoms with E-state index in [2.05, 4.69) is 10.3 Å². The lowest BCUT2D eigenvalue weighted by molar-refractivity contribution is -0.112. The van der Waals surface area contributed by atoms with E-state index in [1.165, 1.54) is 18.5 Å². The fourth-order valence-corrected chi connectivity index (χ4v) is 0.686. The number of nitrogens with one attached hydrogen (secondary N) is 1. The Hall–Kier alpha value is -1.84. The zero-order valence-electron chi connectivity index (χ0n) is 7.23. The van der Waals surface area contributed by atoms with E-state index in [1.54, 1.807) is 12.2 Å². The molecule has 4 heteroatoms. The van der Waals surface area contributed by atoms with Crippen molar-refractivity contribution in [2.24, 2.45) is 0 Å². The summed E-state index contributed by atoms with van der Waals surface area (Å²) in [7, 11) is 0. The average Bonchev–Trinajstić information content (AvgIpc) is 2.57. The summed E-state index contributed by atoms with van der Waals surface area (Å²) in [5.41, 5.74) is 0. The van der Waals surface area contributed by atoms with Crippen LogP contribution in [0.15, 0.2) is 41.2 Å². The number of allylic oxidation sites excluding steroid dienone is 3. The number of aromatic nitrogens is 1. The van der Waals surface area contributed by atoms with Crippen molar-refractivity contribution in [3.8, 4) is 0 Å². The van der Waals surface area contributed by atoms with Crippen molar-refractivity contribution in [1.82, 2.24) is 4.98 Å². The predicted octanol–water partition coefficient (Wildman–Crippen LogP) is 1.75. The van der Waals surface area contributed by atoms with E-state index in [-0.39, 0.29) is 11.9 Å². The molecule has 1 rings (SSSR count). The van der Waals surface area contributed by atoms with Gasteiger partial charge in [0.2, 0.25) is 0 Å². The van der Waals surface area contributed by atoms with Crippen LogP contribution in [0, 0.1) is 0 Å². The van der Waals surface area contributed by atoms with Gasteiger partial charge in [0.1, 0.15) is 6.26 Å². The van der Waals surface area contributed by atoms with Crippen LogP contribution in [0.5, 0.6) is 0 Å². The van der Waals surface area contributed by atoms with Crippen LogP contribution >= 0.6 is 0 Å². The number of rotatable bonds is 3. The minimum Gasteiger partial charge on any atom is -0.432 e. The maximum Gasteiger partial charge on any atom is 0.301 e. The van der Waals surface area contributed by atoms with Gasteiger partial charge in [-0.3, -0.25) is 10.1 Å². The number of hydrogen-bond donors (Lipinski definition) is 1. The first-order valence-electron chi connectivity index (χ1n) is 3.83. The molecule has 0 aliphatic rings. The molecule has 0 unspecified atom stereocenters. The van der Waals surface area contributed by atoms with Crippen LogP contribution < -0.4 is 5.32 Å². The molecular weight excluding hydrogens is 168 g/mol. The van der Waals surface area contributed by atoms with Crippen molar-refractivity contribution >= 4 is 11.9 Å². The summed E-state index contributed by atoms with van der Waals surface area (Å²) in [6, 6.07) is 0.204. The second kappa shape index (κ2) is 4.92. The molecule has 0 bridgehead atoms. The average molecular weight is 178 g/mol. The lowest BCUT2D eigenvalue weighted by atomic mass is 10.4. The molecule has 1 N–H and O–H groups in total. The molecule has 1 amide bonds. The van der Waals surface area contributed by atoms with E-state index in [1.807, 2.05) is 13.0 Å². The Labute approximate surface area is 76.0 Å². The van der Waals surface area contributed by atoms with Gasteiger partial charge in [-0.25, -0.2) is 4.98 Å². The Morgan fingerprint density at radius 1 is 1.62 bits per heavy atom. The molecular formula is C9H10N2O2. The van der Waals surface area contributed by atoms with Crippen molar-refractivity contribution in [3.63, 3.8) is 0 Å². The molecule has 4 nitrogen and oxygen atoms in total. The molecule has 0 atom stereocenters. The Balaban J connectivity index is 2.42. The number of nitrogens with zero attached hydrogens (tertiary/aromatic N) is 1. The minimum absolute atomic E-state index is 0.204. The highest BCUT2D eigenvalue weighted by atomic mass is 16.4. The highest BCUT2D eigenvalue weighted by molar-refractivity contribution is 5.97. The molecule has 0 aromatic carbocycles. The van der Waals surface area contributed by atoms with Crippen LogP contribution in [0.4, 0.5) is 6.01 Å². The van der Waals surface area contributed by atoms with Crippen LogP contribution in [0.1, 0.15) is 6.92 Å². The fourth-order valence-electron chi connectivity index (χ4n) is 0.686. The summed E-state index contributed by atoms with van der Waals surface area (Å²) < 4.78 is 4.82. The molecule has 13 heavy (non-hydrogen) atoms. The lowest BCUT2D eigenvalue weighted by Crippen LogP contribution is -2.07. The largest absolute Gasteiger partial charge is 0.432 e. The first kappa shape index (κ1) is 9.25. The zero-order chi connectivity index (χ0) is 9.52. The summed E-state index contributed by atoms with van der Waals surface area (Å²) in [5.74, 6) is -0.263. The zero-order valence-corrected chi connectivity index (χ0v) is 7.23. The van der Waals surface area contributed by atoms with Gasteiger partial charge in [0.25, 0.3) is 5.91 Å². The van der Waals surface area contributed by atoms with Crippen molar-refractivity contribution in [3.05, 3.63) is 36.8 Å². The molecule has 68 valence electrons. The molecule has 1 aromatic heterocycles. The van der Waals surface area contributed by atoms with Crippen LogP contribution in [-0.4, -0.2) is 10.9 Å². The number of carbonyl (C=O) groups is 1. The lowest BCUT2D eigenvalue weighted by Gasteiger charge is -1.92. The summed E-state index contributed by atoms with van der Waals surface area (Å²) >= 11 is 0. The van der Waals surface area contributed by atoms with Gasteiger partial charge in [-0.1, -0.05) is 18.2 Å². The maximum atomic E-state index is 11.1. The molecule has 0 spiro atoms. The topological polar surface area (TPSA) is 55.1 Å². The summed E-state index contributed by atoms with van der Waals surface area (Å²) in [6.45, 7) is 1.87. The third kappa shape index (κ3) is 3.37. The quantitative estimate of drug-likeness (QED) is 0.566. The first-order chi connectivity index (χ1) is 6.33. The maximum absolute atomic E-state index is 11.1. The normalized spacial score (nSPS) is 11.2. The second-order valence-corrected chi connectivity index (χ2v) is 2.21. The standard InChI is InChI=1S/C9H10N2O2/c1-2-3-4-5-8(12)11-9-10-6-7-13-9/h2-7H,1H3,(H,10,11,12)/b3-2+,5-4+. The van der Waals surface area contributed by atoms with Crippen LogP contribution in [-0.2, 0) is 4.79 Å². The molecule has 0 aliphatic carbocycles. The monoisotopic (exact) mass is 178 g/mol. The SMILES string of the molecule is C/C=C/C=C/C(=O)Nc1ncco1. The Bertz CT molecular complexity index is 312. The number of carbonyl (C=O) groups excluding carboxylic acids is 1. The number of amides is 1. The molecule has 0 saturated carbocycles. The Kier molecular flexibility index (Phi) is 3.50. The van der Waals surface area contributed by atoms with Gasteiger partial charge in [0.15, 0.2) is 0 Å². The van der Waals surface area contributed by atoms with E-state index in [0.29, 0.717) is 0 Å². The van der Waals surface area contributed by atoms with Crippen molar-refractivity contribution in [2.75, 3.05) is 5.32 Å². The molecule has 1 heterocycles. The van der Waals surface area contributed by atoms with E-state index in [0.717, 1.165) is 0 Å². The van der Waals surface area contributed by atoms with Gasteiger partial charge in [-0.15, -0.1) is 0 Å². The molecule has 0 radical (unpaired) electrons. The van der Waals surface area contributed by atoms with E-state index >= 15 is 0 Å². The summed E-state index contributed by atoms with van der Waals surface area (Å²) in [5, 5.41) is 2.44.